The van der Waals surface area contributed by atoms with Crippen LogP contribution in [0.15, 0.2) is 0 Å². The van der Waals surface area contributed by atoms with Crippen LogP contribution in [0.1, 0.15) is 59.8 Å². The summed E-state index contributed by atoms with van der Waals surface area (Å²) in [7, 11) is 0. The second-order valence-electron chi connectivity index (χ2n) is 4.72. The normalized spacial score (nSPS) is 11.7. The van der Waals surface area contributed by atoms with Crippen LogP contribution < -0.4 is 0 Å². The van der Waals surface area contributed by atoms with Crippen LogP contribution in [0.4, 0.5) is 0 Å². The standard InChI is InChI=1S/C11H23N/c1-5-10(12)8-6-7-9-11(2,3)4/h12H,5-9H2,1-4H3. The lowest BCUT2D eigenvalue weighted by Crippen LogP contribution is -2.04. The molecule has 0 atom stereocenters. The van der Waals surface area contributed by atoms with Crippen LogP contribution in [-0.2, 0) is 0 Å². The number of nitrogens with one attached hydrogen (secondary N) is 1. The van der Waals surface area contributed by atoms with E-state index in [2.05, 4.69) is 27.7 Å². The molecule has 0 aliphatic heterocycles. The molecule has 0 saturated carbocycles. The minimum Gasteiger partial charge on any atom is -0.310 e. The highest BCUT2D eigenvalue weighted by atomic mass is 14.4. The Kier molecular flexibility index (Phi) is 5.19. The SMILES string of the molecule is CCC(=N)CCCCC(C)(C)C. The van der Waals surface area contributed by atoms with Gasteiger partial charge < -0.3 is 5.41 Å². The van der Waals surface area contributed by atoms with E-state index >= 15 is 0 Å². The van der Waals surface area contributed by atoms with Crippen molar-refractivity contribution in [3.8, 4) is 0 Å². The maximum atomic E-state index is 7.47. The van der Waals surface area contributed by atoms with Gasteiger partial charge in [0, 0.05) is 5.71 Å². The molecular formula is C11H23N. The fraction of sp³-hybridized carbons (Fsp3) is 0.909. The summed E-state index contributed by atoms with van der Waals surface area (Å²) in [5, 5.41) is 7.47. The highest BCUT2D eigenvalue weighted by Gasteiger charge is 2.08. The van der Waals surface area contributed by atoms with E-state index in [9.17, 15) is 0 Å². The van der Waals surface area contributed by atoms with Crippen LogP contribution in [0.2, 0.25) is 0 Å². The van der Waals surface area contributed by atoms with Crippen LogP contribution >= 0.6 is 0 Å². The molecule has 0 aromatic rings. The zero-order valence-electron chi connectivity index (χ0n) is 9.04. The maximum absolute atomic E-state index is 7.47. The number of hydrogen-bond acceptors (Lipinski definition) is 1. The van der Waals surface area contributed by atoms with Crippen molar-refractivity contribution in [2.75, 3.05) is 0 Å². The van der Waals surface area contributed by atoms with Crippen LogP contribution in [0.3, 0.4) is 0 Å². The molecule has 0 aliphatic carbocycles. The quantitative estimate of drug-likeness (QED) is 0.475. The van der Waals surface area contributed by atoms with Gasteiger partial charge in [-0.25, -0.2) is 0 Å². The van der Waals surface area contributed by atoms with Crippen LogP contribution in [0.5, 0.6) is 0 Å². The molecule has 0 rings (SSSR count). The summed E-state index contributed by atoms with van der Waals surface area (Å²) >= 11 is 0. The minimum absolute atomic E-state index is 0.467. The van der Waals surface area contributed by atoms with Crippen molar-refractivity contribution in [2.45, 2.75) is 59.8 Å². The van der Waals surface area contributed by atoms with Crippen molar-refractivity contribution in [3.05, 3.63) is 0 Å². The van der Waals surface area contributed by atoms with Crippen LogP contribution in [0.25, 0.3) is 0 Å². The molecule has 1 heteroatoms. The zero-order valence-corrected chi connectivity index (χ0v) is 9.04. The Hall–Kier alpha value is -0.330. The first-order valence-electron chi connectivity index (χ1n) is 5.02. The van der Waals surface area contributed by atoms with Gasteiger partial charge in [0.05, 0.1) is 0 Å². The highest BCUT2D eigenvalue weighted by molar-refractivity contribution is 5.80. The van der Waals surface area contributed by atoms with E-state index in [1.807, 2.05) is 0 Å². The molecule has 0 saturated heterocycles. The number of rotatable bonds is 5. The Balaban J connectivity index is 3.28. The van der Waals surface area contributed by atoms with Crippen LogP contribution in [-0.4, -0.2) is 5.71 Å². The second-order valence-corrected chi connectivity index (χ2v) is 4.72. The molecule has 0 aliphatic rings. The lowest BCUT2D eigenvalue weighted by Gasteiger charge is -2.17. The first-order valence-corrected chi connectivity index (χ1v) is 5.02. The Morgan fingerprint density at radius 3 is 2.17 bits per heavy atom. The Labute approximate surface area is 77.1 Å². The van der Waals surface area contributed by atoms with Gasteiger partial charge in [-0.15, -0.1) is 0 Å². The summed E-state index contributed by atoms with van der Waals surface area (Å²) in [6, 6.07) is 0. The highest BCUT2D eigenvalue weighted by Crippen LogP contribution is 2.22. The van der Waals surface area contributed by atoms with Gasteiger partial charge in [-0.1, -0.05) is 34.1 Å². The first kappa shape index (κ1) is 11.7. The number of hydrogen-bond donors (Lipinski definition) is 1. The molecule has 72 valence electrons. The van der Waals surface area contributed by atoms with Crippen molar-refractivity contribution in [3.63, 3.8) is 0 Å². The van der Waals surface area contributed by atoms with Gasteiger partial charge in [-0.05, 0) is 31.1 Å². The molecule has 0 fully saturated rings. The van der Waals surface area contributed by atoms with Crippen molar-refractivity contribution >= 4 is 5.71 Å². The molecule has 0 aromatic heterocycles. The van der Waals surface area contributed by atoms with Crippen molar-refractivity contribution in [1.29, 1.82) is 5.41 Å². The molecule has 0 bridgehead atoms. The molecule has 0 spiro atoms. The third-order valence-electron chi connectivity index (χ3n) is 2.08. The van der Waals surface area contributed by atoms with E-state index in [-0.39, 0.29) is 0 Å². The first-order chi connectivity index (χ1) is 5.45. The summed E-state index contributed by atoms with van der Waals surface area (Å²) in [5.74, 6) is 0. The lowest BCUT2D eigenvalue weighted by molar-refractivity contribution is 0.361. The smallest absolute Gasteiger partial charge is 0.00864 e. The van der Waals surface area contributed by atoms with Gasteiger partial charge in [-0.3, -0.25) is 0 Å². The predicted molar refractivity (Wildman–Crippen MR) is 55.9 cm³/mol. The lowest BCUT2D eigenvalue weighted by atomic mass is 9.89. The summed E-state index contributed by atoms with van der Waals surface area (Å²) in [6.07, 6.45) is 5.68. The van der Waals surface area contributed by atoms with Gasteiger partial charge in [0.2, 0.25) is 0 Å². The summed E-state index contributed by atoms with van der Waals surface area (Å²) in [6.45, 7) is 8.89. The van der Waals surface area contributed by atoms with Crippen LogP contribution in [0, 0.1) is 10.8 Å². The zero-order chi connectivity index (χ0) is 9.61. The monoisotopic (exact) mass is 169 g/mol. The Bertz CT molecular complexity index is 130. The summed E-state index contributed by atoms with van der Waals surface area (Å²) in [4.78, 5) is 0. The minimum atomic E-state index is 0.467. The van der Waals surface area contributed by atoms with Crippen molar-refractivity contribution in [1.82, 2.24) is 0 Å². The summed E-state index contributed by atoms with van der Waals surface area (Å²) < 4.78 is 0. The topological polar surface area (TPSA) is 23.9 Å². The van der Waals surface area contributed by atoms with Gasteiger partial charge in [0.15, 0.2) is 0 Å². The average molecular weight is 169 g/mol. The molecule has 0 unspecified atom stereocenters. The fourth-order valence-electron chi connectivity index (χ4n) is 1.17. The maximum Gasteiger partial charge on any atom is 0.00864 e. The second kappa shape index (κ2) is 5.34. The number of unbranched alkanes of at least 4 members (excludes halogenated alkanes) is 1. The fourth-order valence-corrected chi connectivity index (χ4v) is 1.17. The third-order valence-corrected chi connectivity index (χ3v) is 2.08. The van der Waals surface area contributed by atoms with Crippen molar-refractivity contribution in [2.24, 2.45) is 5.41 Å². The molecule has 0 radical (unpaired) electrons. The molecule has 12 heavy (non-hydrogen) atoms. The largest absolute Gasteiger partial charge is 0.310 e. The van der Waals surface area contributed by atoms with E-state index in [4.69, 9.17) is 5.41 Å². The van der Waals surface area contributed by atoms with E-state index < -0.39 is 0 Å². The Morgan fingerprint density at radius 2 is 1.75 bits per heavy atom. The molecule has 1 N–H and O–H groups in total. The predicted octanol–water partition coefficient (Wildman–Crippen LogP) is 4.02. The van der Waals surface area contributed by atoms with E-state index in [1.54, 1.807) is 0 Å². The molecular weight excluding hydrogens is 146 g/mol. The van der Waals surface area contributed by atoms with E-state index in [0.29, 0.717) is 5.41 Å². The third kappa shape index (κ3) is 7.77. The Morgan fingerprint density at radius 1 is 1.17 bits per heavy atom. The average Bonchev–Trinajstić information content (AvgIpc) is 1.96. The van der Waals surface area contributed by atoms with Gasteiger partial charge in [0.25, 0.3) is 0 Å². The molecule has 1 nitrogen and oxygen atoms in total. The van der Waals surface area contributed by atoms with Gasteiger partial charge >= 0.3 is 0 Å². The van der Waals surface area contributed by atoms with Crippen molar-refractivity contribution < 1.29 is 0 Å². The van der Waals surface area contributed by atoms with Gasteiger partial charge in [0.1, 0.15) is 0 Å². The van der Waals surface area contributed by atoms with E-state index in [1.165, 1.54) is 19.3 Å². The van der Waals surface area contributed by atoms with Gasteiger partial charge in [-0.2, -0.15) is 0 Å². The molecule has 0 amide bonds. The molecule has 0 aromatic carbocycles. The summed E-state index contributed by atoms with van der Waals surface area (Å²) in [5.41, 5.74) is 1.37. The molecule has 0 heterocycles. The van der Waals surface area contributed by atoms with E-state index in [0.717, 1.165) is 18.6 Å².